The number of hydrogen-bond acceptors (Lipinski definition) is 4. The third-order valence-corrected chi connectivity index (χ3v) is 4.56. The summed E-state index contributed by atoms with van der Waals surface area (Å²) in [6.45, 7) is 0.136. The SMILES string of the molecule is O=C(NC1CCCCCC1CO)c1ccc(-n2cnnc2)cc1. The predicted octanol–water partition coefficient (Wildman–Crippen LogP) is 1.94. The van der Waals surface area contributed by atoms with E-state index in [0.29, 0.717) is 5.56 Å². The van der Waals surface area contributed by atoms with Gasteiger partial charge in [0.1, 0.15) is 12.7 Å². The fraction of sp³-hybridized carbons (Fsp3) is 0.471. The van der Waals surface area contributed by atoms with E-state index in [9.17, 15) is 9.90 Å². The number of rotatable bonds is 4. The van der Waals surface area contributed by atoms with Crippen molar-refractivity contribution in [1.82, 2.24) is 20.1 Å². The minimum atomic E-state index is -0.0781. The molecule has 0 spiro atoms. The zero-order valence-corrected chi connectivity index (χ0v) is 13.1. The summed E-state index contributed by atoms with van der Waals surface area (Å²) < 4.78 is 1.79. The van der Waals surface area contributed by atoms with Crippen molar-refractivity contribution in [2.45, 2.75) is 38.1 Å². The Bertz CT molecular complexity index is 625. The maximum atomic E-state index is 12.5. The molecule has 1 amide bonds. The molecule has 2 unspecified atom stereocenters. The van der Waals surface area contributed by atoms with Crippen molar-refractivity contribution in [3.05, 3.63) is 42.5 Å². The van der Waals surface area contributed by atoms with Crippen LogP contribution in [0.5, 0.6) is 0 Å². The Morgan fingerprint density at radius 1 is 1.13 bits per heavy atom. The van der Waals surface area contributed by atoms with E-state index >= 15 is 0 Å². The summed E-state index contributed by atoms with van der Waals surface area (Å²) in [4.78, 5) is 12.5. The molecule has 122 valence electrons. The summed E-state index contributed by atoms with van der Waals surface area (Å²) in [6, 6.07) is 7.40. The van der Waals surface area contributed by atoms with Gasteiger partial charge >= 0.3 is 0 Å². The van der Waals surface area contributed by atoms with Gasteiger partial charge < -0.3 is 10.4 Å². The molecule has 6 heteroatoms. The van der Waals surface area contributed by atoms with Gasteiger partial charge in [-0.1, -0.05) is 19.3 Å². The Balaban J connectivity index is 1.67. The first-order valence-corrected chi connectivity index (χ1v) is 8.14. The van der Waals surface area contributed by atoms with E-state index in [1.165, 1.54) is 6.42 Å². The summed E-state index contributed by atoms with van der Waals surface area (Å²) in [5, 5.41) is 20.2. The van der Waals surface area contributed by atoms with E-state index < -0.39 is 0 Å². The molecule has 2 aromatic rings. The average molecular weight is 314 g/mol. The minimum Gasteiger partial charge on any atom is -0.396 e. The molecule has 2 N–H and O–H groups in total. The molecule has 1 aliphatic carbocycles. The van der Waals surface area contributed by atoms with Crippen molar-refractivity contribution in [3.8, 4) is 5.69 Å². The number of amides is 1. The number of nitrogens with one attached hydrogen (secondary N) is 1. The predicted molar refractivity (Wildman–Crippen MR) is 86.3 cm³/mol. The highest BCUT2D eigenvalue weighted by atomic mass is 16.3. The molecule has 1 aromatic carbocycles. The summed E-state index contributed by atoms with van der Waals surface area (Å²) >= 11 is 0. The second-order valence-electron chi connectivity index (χ2n) is 6.08. The quantitative estimate of drug-likeness (QED) is 0.845. The molecule has 3 rings (SSSR count). The van der Waals surface area contributed by atoms with Gasteiger partial charge in [-0.25, -0.2) is 0 Å². The molecule has 0 aliphatic heterocycles. The van der Waals surface area contributed by atoms with Crippen LogP contribution in [-0.4, -0.2) is 38.4 Å². The largest absolute Gasteiger partial charge is 0.396 e. The number of benzene rings is 1. The lowest BCUT2D eigenvalue weighted by atomic mass is 9.95. The smallest absolute Gasteiger partial charge is 0.251 e. The summed E-state index contributed by atoms with van der Waals surface area (Å²) in [5.41, 5.74) is 1.54. The molecular weight excluding hydrogens is 292 g/mol. The zero-order valence-electron chi connectivity index (χ0n) is 13.1. The molecule has 1 heterocycles. The van der Waals surface area contributed by atoms with Crippen LogP contribution in [0.1, 0.15) is 42.5 Å². The number of hydrogen-bond donors (Lipinski definition) is 2. The van der Waals surface area contributed by atoms with Gasteiger partial charge in [-0.05, 0) is 37.1 Å². The van der Waals surface area contributed by atoms with Crippen molar-refractivity contribution in [1.29, 1.82) is 0 Å². The molecule has 0 saturated heterocycles. The van der Waals surface area contributed by atoms with Gasteiger partial charge in [0, 0.05) is 29.8 Å². The fourth-order valence-corrected chi connectivity index (χ4v) is 3.16. The van der Waals surface area contributed by atoms with Crippen LogP contribution in [0.4, 0.5) is 0 Å². The lowest BCUT2D eigenvalue weighted by molar-refractivity contribution is 0.0899. The molecule has 0 radical (unpaired) electrons. The minimum absolute atomic E-state index is 0.0625. The molecule has 0 bridgehead atoms. The molecule has 23 heavy (non-hydrogen) atoms. The van der Waals surface area contributed by atoms with Gasteiger partial charge in [0.05, 0.1) is 0 Å². The van der Waals surface area contributed by atoms with Crippen LogP contribution in [0, 0.1) is 5.92 Å². The van der Waals surface area contributed by atoms with Crippen LogP contribution in [0.2, 0.25) is 0 Å². The number of aliphatic hydroxyl groups is 1. The molecule has 1 aromatic heterocycles. The normalized spacial score (nSPS) is 21.6. The van der Waals surface area contributed by atoms with Crippen molar-refractivity contribution in [2.24, 2.45) is 5.92 Å². The van der Waals surface area contributed by atoms with E-state index in [1.807, 2.05) is 12.1 Å². The van der Waals surface area contributed by atoms with Crippen molar-refractivity contribution in [3.63, 3.8) is 0 Å². The van der Waals surface area contributed by atoms with Gasteiger partial charge in [-0.2, -0.15) is 0 Å². The monoisotopic (exact) mass is 314 g/mol. The standard InChI is InChI=1S/C17H22N4O2/c22-10-14-4-2-1-3-5-16(14)20-17(23)13-6-8-15(9-7-13)21-11-18-19-12-21/h6-9,11-12,14,16,22H,1-5,10H2,(H,20,23). The Kier molecular flexibility index (Phi) is 5.02. The first kappa shape index (κ1) is 15.7. The summed E-state index contributed by atoms with van der Waals surface area (Å²) in [5.74, 6) is 0.0865. The second-order valence-corrected chi connectivity index (χ2v) is 6.08. The first-order chi connectivity index (χ1) is 11.3. The Morgan fingerprint density at radius 2 is 1.83 bits per heavy atom. The van der Waals surface area contributed by atoms with Crippen LogP contribution in [0.15, 0.2) is 36.9 Å². The van der Waals surface area contributed by atoms with Gasteiger partial charge in [0.2, 0.25) is 0 Å². The highest BCUT2D eigenvalue weighted by Gasteiger charge is 2.24. The Hall–Kier alpha value is -2.21. The van der Waals surface area contributed by atoms with Gasteiger partial charge in [-0.15, -0.1) is 10.2 Å². The van der Waals surface area contributed by atoms with Crippen LogP contribution < -0.4 is 5.32 Å². The maximum absolute atomic E-state index is 12.5. The number of carbonyl (C=O) groups is 1. The van der Waals surface area contributed by atoms with Crippen LogP contribution in [-0.2, 0) is 0 Å². The first-order valence-electron chi connectivity index (χ1n) is 8.14. The van der Waals surface area contributed by atoms with Crippen LogP contribution >= 0.6 is 0 Å². The Morgan fingerprint density at radius 3 is 2.52 bits per heavy atom. The molecular formula is C17H22N4O2. The van der Waals surface area contributed by atoms with Gasteiger partial charge in [-0.3, -0.25) is 9.36 Å². The Labute approximate surface area is 135 Å². The molecule has 1 fully saturated rings. The maximum Gasteiger partial charge on any atom is 0.251 e. The fourth-order valence-electron chi connectivity index (χ4n) is 3.16. The second kappa shape index (κ2) is 7.37. The van der Waals surface area contributed by atoms with Crippen molar-refractivity contribution >= 4 is 5.91 Å². The third kappa shape index (κ3) is 3.76. The van der Waals surface area contributed by atoms with E-state index in [4.69, 9.17) is 0 Å². The summed E-state index contributed by atoms with van der Waals surface area (Å²) in [7, 11) is 0. The van der Waals surface area contributed by atoms with Crippen molar-refractivity contribution < 1.29 is 9.90 Å². The number of carbonyl (C=O) groups excluding carboxylic acids is 1. The molecule has 6 nitrogen and oxygen atoms in total. The molecule has 2 atom stereocenters. The van der Waals surface area contributed by atoms with Crippen molar-refractivity contribution in [2.75, 3.05) is 6.61 Å². The lowest BCUT2D eigenvalue weighted by Crippen LogP contribution is -2.41. The lowest BCUT2D eigenvalue weighted by Gasteiger charge is -2.24. The topological polar surface area (TPSA) is 80.0 Å². The van der Waals surface area contributed by atoms with E-state index in [2.05, 4.69) is 15.5 Å². The van der Waals surface area contributed by atoms with Crippen LogP contribution in [0.3, 0.4) is 0 Å². The molecule has 1 saturated carbocycles. The highest BCUT2D eigenvalue weighted by Crippen LogP contribution is 2.23. The highest BCUT2D eigenvalue weighted by molar-refractivity contribution is 5.94. The average Bonchev–Trinajstić information content (AvgIpc) is 3.03. The van der Waals surface area contributed by atoms with E-state index in [0.717, 1.165) is 31.4 Å². The number of nitrogens with zero attached hydrogens (tertiary/aromatic N) is 3. The number of aromatic nitrogens is 3. The van der Waals surface area contributed by atoms with Gasteiger partial charge in [0.25, 0.3) is 5.91 Å². The summed E-state index contributed by atoms with van der Waals surface area (Å²) in [6.07, 6.45) is 8.57. The van der Waals surface area contributed by atoms with E-state index in [1.54, 1.807) is 29.4 Å². The van der Waals surface area contributed by atoms with Crippen LogP contribution in [0.25, 0.3) is 5.69 Å². The van der Waals surface area contributed by atoms with E-state index in [-0.39, 0.29) is 24.5 Å². The third-order valence-electron chi connectivity index (χ3n) is 4.56. The van der Waals surface area contributed by atoms with Gasteiger partial charge in [0.15, 0.2) is 0 Å². The zero-order chi connectivity index (χ0) is 16.1. The molecule has 1 aliphatic rings. The number of aliphatic hydroxyl groups excluding tert-OH is 1.